The van der Waals surface area contributed by atoms with Gasteiger partial charge in [0.25, 0.3) is 0 Å². The average Bonchev–Trinajstić information content (AvgIpc) is 3.42. The number of allylic oxidation sites excluding steroid dienone is 2. The molecule has 3 aromatic rings. The zero-order valence-corrected chi connectivity index (χ0v) is 23.6. The predicted octanol–water partition coefficient (Wildman–Crippen LogP) is 5.13. The SMILES string of the molecule is COCCOCOc1ccc(C=CC=CC(=O)NCCCN2CCC(c3c[nH]c4ccccc34)CC2)cc1OC. The van der Waals surface area contributed by atoms with Crippen molar-refractivity contribution in [2.75, 3.05) is 60.4 Å². The smallest absolute Gasteiger partial charge is 0.243 e. The summed E-state index contributed by atoms with van der Waals surface area (Å²) in [6.07, 6.45) is 12.5. The van der Waals surface area contributed by atoms with Gasteiger partial charge in [-0.15, -0.1) is 0 Å². The minimum absolute atomic E-state index is 0.0857. The standard InChI is InChI=1S/C32H41N3O5/c1-37-20-21-39-24-40-30-13-12-25(22-31(30)38-2)8-3-6-11-32(36)33-16-7-17-35-18-14-26(15-19-35)28-23-34-29-10-5-4-9-27(28)29/h3-6,8-13,22-23,26,34H,7,14-21,24H2,1-2H3,(H,33,36). The number of fused-ring (bicyclic) bond motifs is 1. The van der Waals surface area contributed by atoms with Gasteiger partial charge in [0.1, 0.15) is 0 Å². The Kier molecular flexibility index (Phi) is 11.7. The van der Waals surface area contributed by atoms with Gasteiger partial charge in [0, 0.05) is 36.8 Å². The lowest BCUT2D eigenvalue weighted by atomic mass is 9.89. The number of nitrogens with zero attached hydrogens (tertiary/aromatic N) is 1. The van der Waals surface area contributed by atoms with Crippen LogP contribution in [0.2, 0.25) is 0 Å². The van der Waals surface area contributed by atoms with E-state index in [4.69, 9.17) is 18.9 Å². The molecule has 8 nitrogen and oxygen atoms in total. The fourth-order valence-corrected chi connectivity index (χ4v) is 5.00. The molecule has 1 saturated heterocycles. The fraction of sp³-hybridized carbons (Fsp3) is 0.406. The third kappa shape index (κ3) is 8.71. The van der Waals surface area contributed by atoms with Gasteiger partial charge < -0.3 is 34.1 Å². The fourth-order valence-electron chi connectivity index (χ4n) is 5.00. The average molecular weight is 548 g/mol. The second-order valence-corrected chi connectivity index (χ2v) is 9.84. The van der Waals surface area contributed by atoms with Crippen LogP contribution in [0.1, 0.15) is 36.3 Å². The van der Waals surface area contributed by atoms with E-state index in [0.29, 0.717) is 37.2 Å². The number of rotatable bonds is 15. The van der Waals surface area contributed by atoms with E-state index in [1.165, 1.54) is 29.3 Å². The molecule has 1 aliphatic heterocycles. The van der Waals surface area contributed by atoms with Crippen LogP contribution in [-0.2, 0) is 14.3 Å². The Bertz CT molecular complexity index is 1260. The highest BCUT2D eigenvalue weighted by Crippen LogP contribution is 2.33. The highest BCUT2D eigenvalue weighted by molar-refractivity contribution is 5.87. The Hall–Kier alpha value is -3.59. The number of aromatic amines is 1. The lowest BCUT2D eigenvalue weighted by Crippen LogP contribution is -2.35. The molecule has 1 fully saturated rings. The summed E-state index contributed by atoms with van der Waals surface area (Å²) < 4.78 is 21.3. The van der Waals surface area contributed by atoms with E-state index in [1.54, 1.807) is 26.4 Å². The highest BCUT2D eigenvalue weighted by atomic mass is 16.7. The van der Waals surface area contributed by atoms with Crippen molar-refractivity contribution < 1.29 is 23.7 Å². The minimum Gasteiger partial charge on any atom is -0.493 e. The number of ether oxygens (including phenoxy) is 4. The number of carbonyl (C=O) groups excluding carboxylic acids is 1. The number of hydrogen-bond acceptors (Lipinski definition) is 6. The molecule has 2 N–H and O–H groups in total. The predicted molar refractivity (Wildman–Crippen MR) is 159 cm³/mol. The molecular weight excluding hydrogens is 506 g/mol. The number of carbonyl (C=O) groups is 1. The lowest BCUT2D eigenvalue weighted by Gasteiger charge is -2.32. The summed E-state index contributed by atoms with van der Waals surface area (Å²) >= 11 is 0. The highest BCUT2D eigenvalue weighted by Gasteiger charge is 2.22. The number of hydrogen-bond donors (Lipinski definition) is 2. The van der Waals surface area contributed by atoms with Crippen LogP contribution in [0.15, 0.2) is 66.9 Å². The van der Waals surface area contributed by atoms with Crippen molar-refractivity contribution >= 4 is 22.9 Å². The van der Waals surface area contributed by atoms with E-state index in [-0.39, 0.29) is 12.7 Å². The number of nitrogens with one attached hydrogen (secondary N) is 2. The minimum atomic E-state index is -0.0857. The van der Waals surface area contributed by atoms with Crippen LogP contribution < -0.4 is 14.8 Å². The van der Waals surface area contributed by atoms with Crippen LogP contribution >= 0.6 is 0 Å². The zero-order valence-electron chi connectivity index (χ0n) is 23.6. The molecule has 1 aromatic heterocycles. The van der Waals surface area contributed by atoms with E-state index < -0.39 is 0 Å². The van der Waals surface area contributed by atoms with Crippen molar-refractivity contribution in [1.82, 2.24) is 15.2 Å². The summed E-state index contributed by atoms with van der Waals surface area (Å²) in [4.78, 5) is 18.1. The number of H-pyrrole nitrogens is 1. The maximum atomic E-state index is 12.2. The van der Waals surface area contributed by atoms with Crippen molar-refractivity contribution in [3.05, 3.63) is 78.0 Å². The van der Waals surface area contributed by atoms with Gasteiger partial charge >= 0.3 is 0 Å². The number of benzene rings is 2. The van der Waals surface area contributed by atoms with Crippen LogP contribution in [0.25, 0.3) is 17.0 Å². The van der Waals surface area contributed by atoms with E-state index >= 15 is 0 Å². The van der Waals surface area contributed by atoms with Gasteiger partial charge in [0.2, 0.25) is 5.91 Å². The molecule has 0 saturated carbocycles. The Morgan fingerprint density at radius 2 is 1.93 bits per heavy atom. The molecule has 0 spiro atoms. The molecule has 4 rings (SSSR count). The van der Waals surface area contributed by atoms with Crippen molar-refractivity contribution in [3.8, 4) is 11.5 Å². The maximum absolute atomic E-state index is 12.2. The number of amides is 1. The molecule has 1 amide bonds. The first kappa shape index (κ1) is 29.4. The second-order valence-electron chi connectivity index (χ2n) is 9.84. The Balaban J connectivity index is 1.11. The summed E-state index contributed by atoms with van der Waals surface area (Å²) in [5.74, 6) is 1.74. The van der Waals surface area contributed by atoms with E-state index in [2.05, 4.69) is 45.7 Å². The number of methoxy groups -OCH3 is 2. The topological polar surface area (TPSA) is 85.1 Å². The van der Waals surface area contributed by atoms with Gasteiger partial charge in [-0.25, -0.2) is 0 Å². The number of likely N-dealkylation sites (tertiary alicyclic amines) is 1. The van der Waals surface area contributed by atoms with Crippen molar-refractivity contribution in [2.45, 2.75) is 25.2 Å². The van der Waals surface area contributed by atoms with Gasteiger partial charge in [-0.3, -0.25) is 4.79 Å². The van der Waals surface area contributed by atoms with Gasteiger partial charge in [-0.05, 0) is 74.1 Å². The zero-order chi connectivity index (χ0) is 28.0. The third-order valence-corrected chi connectivity index (χ3v) is 7.16. The van der Waals surface area contributed by atoms with E-state index in [1.807, 2.05) is 30.4 Å². The number of aromatic nitrogens is 1. The quantitative estimate of drug-likeness (QED) is 0.119. The third-order valence-electron chi connectivity index (χ3n) is 7.16. The van der Waals surface area contributed by atoms with Crippen molar-refractivity contribution in [1.29, 1.82) is 0 Å². The molecule has 0 radical (unpaired) electrons. The summed E-state index contributed by atoms with van der Waals surface area (Å²) in [5.41, 5.74) is 3.61. The molecule has 0 aliphatic carbocycles. The molecular formula is C32H41N3O5. The molecule has 0 atom stereocenters. The molecule has 0 bridgehead atoms. The van der Waals surface area contributed by atoms with Gasteiger partial charge in [0.05, 0.1) is 20.3 Å². The Morgan fingerprint density at radius 3 is 2.75 bits per heavy atom. The molecule has 40 heavy (non-hydrogen) atoms. The summed E-state index contributed by atoms with van der Waals surface area (Å²) in [5, 5.41) is 4.34. The van der Waals surface area contributed by atoms with Crippen molar-refractivity contribution in [2.24, 2.45) is 0 Å². The van der Waals surface area contributed by atoms with Crippen LogP contribution in [0.3, 0.4) is 0 Å². The van der Waals surface area contributed by atoms with Gasteiger partial charge in [0.15, 0.2) is 18.3 Å². The molecule has 2 heterocycles. The van der Waals surface area contributed by atoms with Crippen LogP contribution in [0.5, 0.6) is 11.5 Å². The van der Waals surface area contributed by atoms with Crippen LogP contribution in [0.4, 0.5) is 0 Å². The first-order valence-corrected chi connectivity index (χ1v) is 14.0. The Morgan fingerprint density at radius 1 is 1.07 bits per heavy atom. The normalized spacial score (nSPS) is 14.8. The number of para-hydroxylation sites is 1. The van der Waals surface area contributed by atoms with E-state index in [9.17, 15) is 4.79 Å². The maximum Gasteiger partial charge on any atom is 0.243 e. The second kappa shape index (κ2) is 15.9. The Labute approximate surface area is 236 Å². The summed E-state index contributed by atoms with van der Waals surface area (Å²) in [7, 11) is 3.22. The van der Waals surface area contributed by atoms with Gasteiger partial charge in [-0.2, -0.15) is 0 Å². The monoisotopic (exact) mass is 547 g/mol. The molecule has 214 valence electrons. The van der Waals surface area contributed by atoms with Crippen LogP contribution in [-0.4, -0.2) is 76.2 Å². The summed E-state index contributed by atoms with van der Waals surface area (Å²) in [6, 6.07) is 14.2. The largest absolute Gasteiger partial charge is 0.493 e. The lowest BCUT2D eigenvalue weighted by molar-refractivity contribution is -0.116. The van der Waals surface area contributed by atoms with Gasteiger partial charge in [-0.1, -0.05) is 42.5 Å². The van der Waals surface area contributed by atoms with E-state index in [0.717, 1.165) is 31.6 Å². The molecule has 0 unspecified atom stereocenters. The first-order valence-electron chi connectivity index (χ1n) is 14.0. The van der Waals surface area contributed by atoms with Crippen molar-refractivity contribution in [3.63, 3.8) is 0 Å². The molecule has 8 heteroatoms. The molecule has 1 aliphatic rings. The van der Waals surface area contributed by atoms with Crippen LogP contribution in [0, 0.1) is 0 Å². The first-order chi connectivity index (χ1) is 19.7. The number of piperidine rings is 1. The molecule has 2 aromatic carbocycles. The summed E-state index contributed by atoms with van der Waals surface area (Å²) in [6.45, 7) is 4.98.